The molecule has 1 heterocycles. The molecule has 1 aliphatic rings. The Hall–Kier alpha value is 0.1000. The molecule has 0 bridgehead atoms. The van der Waals surface area contributed by atoms with Crippen LogP contribution in [0.2, 0.25) is 0 Å². The summed E-state index contributed by atoms with van der Waals surface area (Å²) in [6.07, 6.45) is 6.69. The van der Waals surface area contributed by atoms with Crippen molar-refractivity contribution in [2.45, 2.75) is 45.1 Å². The topological polar surface area (TPSA) is 38.0 Å². The smallest absolute Gasteiger partial charge is 0.0581 e. The van der Waals surface area contributed by atoms with Crippen LogP contribution in [0.1, 0.15) is 49.9 Å². The van der Waals surface area contributed by atoms with Crippen molar-refractivity contribution in [2.24, 2.45) is 17.7 Å². The fraction of sp³-hybridized carbons (Fsp3) is 0.692. The maximum absolute atomic E-state index is 5.77. The Morgan fingerprint density at radius 1 is 1.59 bits per heavy atom. The Morgan fingerprint density at radius 3 is 3.00 bits per heavy atom. The summed E-state index contributed by atoms with van der Waals surface area (Å²) >= 11 is 5.32. The molecule has 3 N–H and O–H groups in total. The van der Waals surface area contributed by atoms with Gasteiger partial charge in [-0.25, -0.2) is 0 Å². The zero-order chi connectivity index (χ0) is 12.3. The van der Waals surface area contributed by atoms with E-state index in [1.54, 1.807) is 11.3 Å². The number of thiophene rings is 1. The van der Waals surface area contributed by atoms with Gasteiger partial charge in [-0.1, -0.05) is 26.2 Å². The second-order valence-electron chi connectivity index (χ2n) is 5.01. The van der Waals surface area contributed by atoms with Gasteiger partial charge in [-0.05, 0) is 46.7 Å². The first kappa shape index (κ1) is 13.5. The van der Waals surface area contributed by atoms with Crippen molar-refractivity contribution < 1.29 is 0 Å². The minimum atomic E-state index is 0.334. The Labute approximate surface area is 116 Å². The van der Waals surface area contributed by atoms with Gasteiger partial charge in [0.15, 0.2) is 0 Å². The highest BCUT2D eigenvalue weighted by Crippen LogP contribution is 2.40. The van der Waals surface area contributed by atoms with Gasteiger partial charge in [0.05, 0.1) is 6.04 Å². The van der Waals surface area contributed by atoms with Crippen LogP contribution in [0.4, 0.5) is 0 Å². The van der Waals surface area contributed by atoms with E-state index in [9.17, 15) is 0 Å². The molecule has 0 aliphatic heterocycles. The van der Waals surface area contributed by atoms with Crippen LogP contribution in [-0.2, 0) is 0 Å². The summed E-state index contributed by atoms with van der Waals surface area (Å²) in [5.41, 5.74) is 3.04. The summed E-state index contributed by atoms with van der Waals surface area (Å²) in [6.45, 7) is 2.31. The predicted molar refractivity (Wildman–Crippen MR) is 77.8 cm³/mol. The summed E-state index contributed by atoms with van der Waals surface area (Å²) in [7, 11) is 0. The van der Waals surface area contributed by atoms with Crippen LogP contribution < -0.4 is 11.3 Å². The minimum Gasteiger partial charge on any atom is -0.271 e. The standard InChI is InChI=1S/C13H21BrN2S/c1-2-9-4-3-5-10(6-9)13(16-15)12-7-11(14)8-17-12/h7-10,13,16H,2-6,15H2,1H3. The largest absolute Gasteiger partial charge is 0.271 e. The Balaban J connectivity index is 2.07. The average Bonchev–Trinajstić information content (AvgIpc) is 2.77. The average molecular weight is 317 g/mol. The maximum atomic E-state index is 5.77. The van der Waals surface area contributed by atoms with Crippen molar-refractivity contribution in [3.05, 3.63) is 20.8 Å². The number of nitrogens with one attached hydrogen (secondary N) is 1. The minimum absolute atomic E-state index is 0.334. The molecule has 0 saturated heterocycles. The third-order valence-electron chi connectivity index (χ3n) is 3.95. The lowest BCUT2D eigenvalue weighted by atomic mass is 9.76. The van der Waals surface area contributed by atoms with Gasteiger partial charge >= 0.3 is 0 Å². The normalized spacial score (nSPS) is 27.0. The van der Waals surface area contributed by atoms with Crippen LogP contribution in [0.25, 0.3) is 0 Å². The molecular formula is C13H21BrN2S. The van der Waals surface area contributed by atoms with E-state index in [2.05, 4.69) is 39.7 Å². The molecule has 1 aliphatic carbocycles. The highest BCUT2D eigenvalue weighted by atomic mass is 79.9. The molecule has 0 aromatic carbocycles. The molecule has 4 heteroatoms. The molecular weight excluding hydrogens is 296 g/mol. The number of halogens is 1. The zero-order valence-corrected chi connectivity index (χ0v) is 12.7. The lowest BCUT2D eigenvalue weighted by Gasteiger charge is -2.33. The molecule has 1 aromatic heterocycles. The van der Waals surface area contributed by atoms with E-state index in [-0.39, 0.29) is 0 Å². The Bertz CT molecular complexity index is 353. The quantitative estimate of drug-likeness (QED) is 0.644. The van der Waals surface area contributed by atoms with E-state index in [1.165, 1.54) is 41.5 Å². The van der Waals surface area contributed by atoms with Crippen molar-refractivity contribution in [1.82, 2.24) is 5.43 Å². The lowest BCUT2D eigenvalue weighted by molar-refractivity contribution is 0.212. The Morgan fingerprint density at radius 2 is 2.41 bits per heavy atom. The molecule has 3 unspecified atom stereocenters. The second-order valence-corrected chi connectivity index (χ2v) is 6.87. The molecule has 2 rings (SSSR count). The molecule has 1 saturated carbocycles. The predicted octanol–water partition coefficient (Wildman–Crippen LogP) is 4.23. The fourth-order valence-corrected chi connectivity index (χ4v) is 4.55. The highest BCUT2D eigenvalue weighted by molar-refractivity contribution is 9.10. The fourth-order valence-electron chi connectivity index (χ4n) is 2.95. The molecule has 17 heavy (non-hydrogen) atoms. The van der Waals surface area contributed by atoms with Crippen LogP contribution in [-0.4, -0.2) is 0 Å². The molecule has 2 nitrogen and oxygen atoms in total. The molecule has 0 amide bonds. The first-order valence-electron chi connectivity index (χ1n) is 6.44. The number of hydrogen-bond acceptors (Lipinski definition) is 3. The third-order valence-corrected chi connectivity index (χ3v) is 5.72. The van der Waals surface area contributed by atoms with E-state index in [4.69, 9.17) is 5.84 Å². The van der Waals surface area contributed by atoms with E-state index in [1.807, 2.05) is 0 Å². The highest BCUT2D eigenvalue weighted by Gasteiger charge is 2.28. The first-order chi connectivity index (χ1) is 8.24. The Kier molecular flexibility index (Phi) is 5.03. The zero-order valence-electron chi connectivity index (χ0n) is 10.3. The number of rotatable bonds is 4. The summed E-state index contributed by atoms with van der Waals surface area (Å²) in [5, 5.41) is 2.14. The van der Waals surface area contributed by atoms with Crippen LogP contribution in [0.3, 0.4) is 0 Å². The van der Waals surface area contributed by atoms with Gasteiger partial charge in [0.1, 0.15) is 0 Å². The SMILES string of the molecule is CCC1CCCC(C(NN)c2cc(Br)cs2)C1. The van der Waals surface area contributed by atoms with E-state index >= 15 is 0 Å². The van der Waals surface area contributed by atoms with Gasteiger partial charge in [-0.15, -0.1) is 11.3 Å². The molecule has 0 radical (unpaired) electrons. The molecule has 3 atom stereocenters. The van der Waals surface area contributed by atoms with Gasteiger partial charge in [-0.3, -0.25) is 11.3 Å². The molecule has 1 aromatic rings. The van der Waals surface area contributed by atoms with Gasteiger partial charge in [0, 0.05) is 14.7 Å². The number of hydrogen-bond donors (Lipinski definition) is 2. The maximum Gasteiger partial charge on any atom is 0.0581 e. The van der Waals surface area contributed by atoms with E-state index in [0.717, 1.165) is 5.92 Å². The van der Waals surface area contributed by atoms with E-state index < -0.39 is 0 Å². The van der Waals surface area contributed by atoms with Crippen LogP contribution >= 0.6 is 27.3 Å². The summed E-state index contributed by atoms with van der Waals surface area (Å²) in [5.74, 6) is 7.37. The number of hydrazine groups is 1. The van der Waals surface area contributed by atoms with Gasteiger partial charge in [-0.2, -0.15) is 0 Å². The third kappa shape index (κ3) is 3.31. The van der Waals surface area contributed by atoms with Gasteiger partial charge < -0.3 is 0 Å². The van der Waals surface area contributed by atoms with Crippen LogP contribution in [0, 0.1) is 11.8 Å². The molecule has 0 spiro atoms. The van der Waals surface area contributed by atoms with E-state index in [0.29, 0.717) is 12.0 Å². The van der Waals surface area contributed by atoms with Crippen molar-refractivity contribution in [3.63, 3.8) is 0 Å². The second kappa shape index (κ2) is 6.32. The summed E-state index contributed by atoms with van der Waals surface area (Å²) < 4.78 is 1.17. The van der Waals surface area contributed by atoms with Crippen LogP contribution in [0.15, 0.2) is 15.9 Å². The molecule has 1 fully saturated rings. The van der Waals surface area contributed by atoms with Crippen molar-refractivity contribution in [1.29, 1.82) is 0 Å². The molecule has 96 valence electrons. The lowest BCUT2D eigenvalue weighted by Crippen LogP contribution is -2.35. The van der Waals surface area contributed by atoms with Crippen LogP contribution in [0.5, 0.6) is 0 Å². The van der Waals surface area contributed by atoms with Gasteiger partial charge in [0.2, 0.25) is 0 Å². The van der Waals surface area contributed by atoms with Gasteiger partial charge in [0.25, 0.3) is 0 Å². The monoisotopic (exact) mass is 316 g/mol. The number of nitrogens with two attached hydrogens (primary N) is 1. The van der Waals surface area contributed by atoms with Crippen molar-refractivity contribution in [2.75, 3.05) is 0 Å². The summed E-state index contributed by atoms with van der Waals surface area (Å²) in [4.78, 5) is 1.36. The van der Waals surface area contributed by atoms with Crippen molar-refractivity contribution >= 4 is 27.3 Å². The summed E-state index contributed by atoms with van der Waals surface area (Å²) in [6, 6.07) is 2.53. The van der Waals surface area contributed by atoms with Crippen molar-refractivity contribution in [3.8, 4) is 0 Å². The first-order valence-corrected chi connectivity index (χ1v) is 8.12.